The molecule has 104 valence electrons. The SMILES string of the molecule is O=C(c1ccccc1Cl)c1ccc(C(F)(F)F)nc1Cl. The van der Waals surface area contributed by atoms with Crippen molar-refractivity contribution in [1.82, 2.24) is 4.98 Å². The molecule has 0 aliphatic rings. The number of alkyl halides is 3. The Morgan fingerprint density at radius 2 is 1.65 bits per heavy atom. The molecule has 0 unspecified atom stereocenters. The van der Waals surface area contributed by atoms with Gasteiger partial charge in [-0.15, -0.1) is 0 Å². The molecule has 0 bridgehead atoms. The number of halogens is 5. The summed E-state index contributed by atoms with van der Waals surface area (Å²) < 4.78 is 37.4. The first-order chi connectivity index (χ1) is 9.30. The summed E-state index contributed by atoms with van der Waals surface area (Å²) in [4.78, 5) is 15.4. The van der Waals surface area contributed by atoms with Gasteiger partial charge in [-0.05, 0) is 24.3 Å². The van der Waals surface area contributed by atoms with Crippen molar-refractivity contribution >= 4 is 29.0 Å². The van der Waals surface area contributed by atoms with Gasteiger partial charge in [-0.1, -0.05) is 35.3 Å². The van der Waals surface area contributed by atoms with E-state index in [0.29, 0.717) is 6.07 Å². The number of hydrogen-bond acceptors (Lipinski definition) is 2. The molecule has 1 heterocycles. The van der Waals surface area contributed by atoms with Crippen molar-refractivity contribution in [1.29, 1.82) is 0 Å². The summed E-state index contributed by atoms with van der Waals surface area (Å²) in [5, 5.41) is -0.321. The van der Waals surface area contributed by atoms with Crippen molar-refractivity contribution < 1.29 is 18.0 Å². The van der Waals surface area contributed by atoms with E-state index >= 15 is 0 Å². The van der Waals surface area contributed by atoms with Crippen molar-refractivity contribution in [3.05, 3.63) is 63.4 Å². The number of benzene rings is 1. The molecule has 0 atom stereocenters. The van der Waals surface area contributed by atoms with Gasteiger partial charge >= 0.3 is 6.18 Å². The second-order valence-corrected chi connectivity index (χ2v) is 4.61. The van der Waals surface area contributed by atoms with E-state index < -0.39 is 22.8 Å². The number of aromatic nitrogens is 1. The molecule has 20 heavy (non-hydrogen) atoms. The third-order valence-electron chi connectivity index (χ3n) is 2.50. The van der Waals surface area contributed by atoms with Crippen LogP contribution in [0.4, 0.5) is 13.2 Å². The molecular formula is C13H6Cl2F3NO. The van der Waals surface area contributed by atoms with Crippen LogP contribution in [0.5, 0.6) is 0 Å². The number of ketones is 1. The number of nitrogens with zero attached hydrogens (tertiary/aromatic N) is 1. The molecule has 0 fully saturated rings. The highest BCUT2D eigenvalue weighted by Gasteiger charge is 2.33. The normalized spacial score (nSPS) is 11.4. The largest absolute Gasteiger partial charge is 0.433 e. The Morgan fingerprint density at radius 3 is 2.20 bits per heavy atom. The van der Waals surface area contributed by atoms with Crippen molar-refractivity contribution in [2.24, 2.45) is 0 Å². The van der Waals surface area contributed by atoms with Crippen molar-refractivity contribution in [2.45, 2.75) is 6.18 Å². The van der Waals surface area contributed by atoms with Crippen LogP contribution in [0.25, 0.3) is 0 Å². The van der Waals surface area contributed by atoms with Gasteiger partial charge in [0, 0.05) is 5.56 Å². The van der Waals surface area contributed by atoms with Gasteiger partial charge in [0.25, 0.3) is 0 Å². The second-order valence-electron chi connectivity index (χ2n) is 3.84. The molecule has 0 aliphatic heterocycles. The quantitative estimate of drug-likeness (QED) is 0.596. The summed E-state index contributed by atoms with van der Waals surface area (Å²) in [6.45, 7) is 0. The molecule has 0 saturated carbocycles. The molecule has 0 aliphatic carbocycles. The number of carbonyl (C=O) groups excluding carboxylic acids is 1. The first-order valence-electron chi connectivity index (χ1n) is 5.33. The first kappa shape index (κ1) is 14.8. The number of carbonyl (C=O) groups is 1. The summed E-state index contributed by atoms with van der Waals surface area (Å²) in [6.07, 6.45) is -4.62. The van der Waals surface area contributed by atoms with Gasteiger partial charge in [0.05, 0.1) is 10.6 Å². The van der Waals surface area contributed by atoms with Crippen LogP contribution in [-0.4, -0.2) is 10.8 Å². The van der Waals surface area contributed by atoms with Gasteiger partial charge in [-0.3, -0.25) is 4.79 Å². The molecule has 7 heteroatoms. The lowest BCUT2D eigenvalue weighted by Crippen LogP contribution is -2.11. The summed E-state index contributed by atoms with van der Waals surface area (Å²) in [6, 6.07) is 7.87. The van der Waals surface area contributed by atoms with E-state index in [4.69, 9.17) is 23.2 Å². The smallest absolute Gasteiger partial charge is 0.288 e. The number of pyridine rings is 1. The van der Waals surface area contributed by atoms with Gasteiger partial charge in [-0.2, -0.15) is 13.2 Å². The third-order valence-corrected chi connectivity index (χ3v) is 3.12. The topological polar surface area (TPSA) is 30.0 Å². The van der Waals surface area contributed by atoms with E-state index in [9.17, 15) is 18.0 Å². The Morgan fingerprint density at radius 1 is 1.00 bits per heavy atom. The third kappa shape index (κ3) is 2.94. The van der Waals surface area contributed by atoms with Gasteiger partial charge in [0.1, 0.15) is 10.8 Å². The predicted molar refractivity (Wildman–Crippen MR) is 69.1 cm³/mol. The van der Waals surface area contributed by atoms with Crippen LogP contribution in [0.15, 0.2) is 36.4 Å². The fourth-order valence-corrected chi connectivity index (χ4v) is 2.01. The summed E-state index contributed by atoms with van der Waals surface area (Å²) in [5.74, 6) is -0.582. The van der Waals surface area contributed by atoms with Crippen LogP contribution in [-0.2, 0) is 6.18 Å². The maximum absolute atomic E-state index is 12.5. The monoisotopic (exact) mass is 319 g/mol. The Labute approximate surface area is 122 Å². The fourth-order valence-electron chi connectivity index (χ4n) is 1.55. The Bertz CT molecular complexity index is 671. The first-order valence-corrected chi connectivity index (χ1v) is 6.09. The van der Waals surface area contributed by atoms with E-state index in [1.165, 1.54) is 12.1 Å². The molecule has 0 amide bonds. The zero-order chi connectivity index (χ0) is 14.9. The van der Waals surface area contributed by atoms with Crippen molar-refractivity contribution in [3.8, 4) is 0 Å². The van der Waals surface area contributed by atoms with Crippen LogP contribution in [0.2, 0.25) is 10.2 Å². The molecule has 0 N–H and O–H groups in total. The van der Waals surface area contributed by atoms with E-state index in [1.807, 2.05) is 0 Å². The average Bonchev–Trinajstić information content (AvgIpc) is 2.37. The van der Waals surface area contributed by atoms with Gasteiger partial charge in [-0.25, -0.2) is 4.98 Å². The Hall–Kier alpha value is -1.59. The standard InChI is InChI=1S/C13H6Cl2F3NO/c14-9-4-2-1-3-7(9)11(20)8-5-6-10(13(16,17)18)19-12(8)15/h1-6H. The highest BCUT2D eigenvalue weighted by molar-refractivity contribution is 6.37. The predicted octanol–water partition coefficient (Wildman–Crippen LogP) is 4.64. The van der Waals surface area contributed by atoms with Crippen LogP contribution in [0.3, 0.4) is 0 Å². The summed E-state index contributed by atoms with van der Waals surface area (Å²) in [5.41, 5.74) is -1.14. The Kier molecular flexibility index (Phi) is 4.01. The van der Waals surface area contributed by atoms with Gasteiger partial charge in [0.2, 0.25) is 0 Å². The molecule has 1 aromatic carbocycles. The lowest BCUT2D eigenvalue weighted by atomic mass is 10.0. The maximum Gasteiger partial charge on any atom is 0.433 e. The minimum atomic E-state index is -4.62. The maximum atomic E-state index is 12.5. The lowest BCUT2D eigenvalue weighted by molar-refractivity contribution is -0.141. The fraction of sp³-hybridized carbons (Fsp3) is 0.0769. The van der Waals surface area contributed by atoms with Crippen molar-refractivity contribution in [3.63, 3.8) is 0 Å². The van der Waals surface area contributed by atoms with Gasteiger partial charge in [0.15, 0.2) is 5.78 Å². The van der Waals surface area contributed by atoms with Crippen LogP contribution >= 0.6 is 23.2 Å². The molecule has 0 radical (unpaired) electrons. The summed E-state index contributed by atoms with van der Waals surface area (Å²) in [7, 11) is 0. The van der Waals surface area contributed by atoms with Crippen molar-refractivity contribution in [2.75, 3.05) is 0 Å². The zero-order valence-electron chi connectivity index (χ0n) is 9.71. The molecule has 0 spiro atoms. The van der Waals surface area contributed by atoms with E-state index in [-0.39, 0.29) is 16.1 Å². The molecule has 1 aromatic heterocycles. The van der Waals surface area contributed by atoms with Crippen LogP contribution in [0.1, 0.15) is 21.6 Å². The molecular weight excluding hydrogens is 314 g/mol. The zero-order valence-corrected chi connectivity index (χ0v) is 11.2. The van der Waals surface area contributed by atoms with Gasteiger partial charge < -0.3 is 0 Å². The van der Waals surface area contributed by atoms with Crippen LogP contribution in [0, 0.1) is 0 Å². The molecule has 2 nitrogen and oxygen atoms in total. The minimum absolute atomic E-state index is 0.132. The Balaban J connectivity index is 2.45. The summed E-state index contributed by atoms with van der Waals surface area (Å²) >= 11 is 11.5. The highest BCUT2D eigenvalue weighted by atomic mass is 35.5. The molecule has 0 saturated heterocycles. The number of hydrogen-bond donors (Lipinski definition) is 0. The second kappa shape index (κ2) is 5.42. The minimum Gasteiger partial charge on any atom is -0.288 e. The van der Waals surface area contributed by atoms with E-state index in [1.54, 1.807) is 12.1 Å². The van der Waals surface area contributed by atoms with Crippen LogP contribution < -0.4 is 0 Å². The highest BCUT2D eigenvalue weighted by Crippen LogP contribution is 2.30. The lowest BCUT2D eigenvalue weighted by Gasteiger charge is -2.09. The van der Waals surface area contributed by atoms with E-state index in [2.05, 4.69) is 4.98 Å². The average molecular weight is 320 g/mol. The molecule has 2 aromatic rings. The number of rotatable bonds is 2. The van der Waals surface area contributed by atoms with E-state index in [0.717, 1.165) is 6.07 Å². The molecule has 2 rings (SSSR count).